The maximum absolute atomic E-state index is 10.1. The Labute approximate surface area is 165 Å². The second-order valence-electron chi connectivity index (χ2n) is 7.53. The first-order valence-corrected chi connectivity index (χ1v) is 9.67. The lowest BCUT2D eigenvalue weighted by molar-refractivity contribution is -0.0403. The number of fused-ring (bicyclic) bond motifs is 1. The Morgan fingerprint density at radius 3 is 2.61 bits per heavy atom. The smallest absolute Gasteiger partial charge is 0.118 e. The van der Waals surface area contributed by atoms with E-state index in [0.717, 1.165) is 45.6 Å². The lowest BCUT2D eigenvalue weighted by atomic mass is 9.99. The number of rotatable bonds is 4. The molecule has 1 aliphatic rings. The van der Waals surface area contributed by atoms with E-state index in [4.69, 9.17) is 9.72 Å². The number of aliphatic hydroxyl groups is 2. The number of aliphatic hydroxyl groups excluding tert-OH is 2. The summed E-state index contributed by atoms with van der Waals surface area (Å²) in [6, 6.07) is 16.4. The van der Waals surface area contributed by atoms with E-state index in [1.807, 2.05) is 24.3 Å². The van der Waals surface area contributed by atoms with Crippen LogP contribution in [-0.4, -0.2) is 52.5 Å². The summed E-state index contributed by atoms with van der Waals surface area (Å²) in [5.74, 6) is 0.815. The van der Waals surface area contributed by atoms with Crippen LogP contribution in [0.5, 0.6) is 5.75 Å². The molecule has 3 aromatic rings. The zero-order chi connectivity index (χ0) is 19.7. The van der Waals surface area contributed by atoms with Gasteiger partial charge < -0.3 is 14.9 Å². The van der Waals surface area contributed by atoms with Crippen LogP contribution >= 0.6 is 0 Å². The van der Waals surface area contributed by atoms with Crippen LogP contribution in [0, 0.1) is 6.92 Å². The molecule has 0 bridgehead atoms. The van der Waals surface area contributed by atoms with Crippen molar-refractivity contribution in [2.24, 2.45) is 0 Å². The van der Waals surface area contributed by atoms with Gasteiger partial charge in [-0.2, -0.15) is 0 Å². The molecule has 0 spiro atoms. The first-order chi connectivity index (χ1) is 13.5. The first kappa shape index (κ1) is 18.9. The molecule has 0 amide bonds. The van der Waals surface area contributed by atoms with Gasteiger partial charge in [-0.1, -0.05) is 18.2 Å². The number of piperidine rings is 1. The number of aryl methyl sites for hydroxylation is 1. The van der Waals surface area contributed by atoms with Crippen LogP contribution < -0.4 is 4.74 Å². The van der Waals surface area contributed by atoms with Gasteiger partial charge in [0.2, 0.25) is 0 Å². The highest BCUT2D eigenvalue weighted by Gasteiger charge is 2.26. The van der Waals surface area contributed by atoms with E-state index < -0.39 is 12.2 Å². The molecule has 2 heterocycles. The van der Waals surface area contributed by atoms with Crippen LogP contribution in [0.1, 0.15) is 17.5 Å². The van der Waals surface area contributed by atoms with Crippen LogP contribution in [0.25, 0.3) is 22.2 Å². The SMILES string of the molecule is COc1ccc(-c2nc3c(C)cccc3cc2CN2CC[C@H](O)[C@@H](O)C2)cc1. The second kappa shape index (κ2) is 7.87. The minimum absolute atomic E-state index is 0.467. The van der Waals surface area contributed by atoms with Crippen molar-refractivity contribution in [3.05, 3.63) is 59.7 Å². The summed E-state index contributed by atoms with van der Waals surface area (Å²) in [4.78, 5) is 7.20. The number of likely N-dealkylation sites (tertiary alicyclic amines) is 1. The summed E-state index contributed by atoms with van der Waals surface area (Å²) in [5, 5.41) is 21.0. The van der Waals surface area contributed by atoms with E-state index in [1.54, 1.807) is 7.11 Å². The molecule has 0 saturated carbocycles. The lowest BCUT2D eigenvalue weighted by Gasteiger charge is -2.33. The monoisotopic (exact) mass is 378 g/mol. The first-order valence-electron chi connectivity index (χ1n) is 9.67. The highest BCUT2D eigenvalue weighted by Crippen LogP contribution is 2.30. The largest absolute Gasteiger partial charge is 0.497 e. The number of methoxy groups -OCH3 is 1. The number of aromatic nitrogens is 1. The van der Waals surface area contributed by atoms with Crippen molar-refractivity contribution >= 4 is 10.9 Å². The average molecular weight is 378 g/mol. The summed E-state index contributed by atoms with van der Waals surface area (Å²) in [6.45, 7) is 3.98. The fourth-order valence-electron chi connectivity index (χ4n) is 3.88. The molecule has 2 aromatic carbocycles. The molecule has 4 rings (SSSR count). The lowest BCUT2D eigenvalue weighted by Crippen LogP contribution is -2.46. The molecule has 28 heavy (non-hydrogen) atoms. The normalized spacial score (nSPS) is 20.4. The van der Waals surface area contributed by atoms with Crippen LogP contribution in [0.15, 0.2) is 48.5 Å². The highest BCUT2D eigenvalue weighted by molar-refractivity contribution is 5.85. The number of β-amino-alcohol motifs (C(OH)–C–C–N with tert-alkyl or cyclic N) is 1. The van der Waals surface area contributed by atoms with E-state index in [2.05, 4.69) is 36.1 Å². The standard InChI is InChI=1S/C23H26N2O3/c1-15-4-3-5-17-12-18(13-25-11-10-20(26)21(27)14-25)23(24-22(15)17)16-6-8-19(28-2)9-7-16/h3-9,12,20-21,26-27H,10-11,13-14H2,1-2H3/t20-,21-/m0/s1. The Bertz CT molecular complexity index is 971. The Morgan fingerprint density at radius 1 is 1.11 bits per heavy atom. The van der Waals surface area contributed by atoms with E-state index >= 15 is 0 Å². The summed E-state index contributed by atoms with van der Waals surface area (Å²) >= 11 is 0. The van der Waals surface area contributed by atoms with Crippen LogP contribution in [0.2, 0.25) is 0 Å². The van der Waals surface area contributed by atoms with Crippen molar-refractivity contribution in [1.82, 2.24) is 9.88 Å². The molecule has 2 N–H and O–H groups in total. The van der Waals surface area contributed by atoms with Gasteiger partial charge in [-0.3, -0.25) is 4.90 Å². The van der Waals surface area contributed by atoms with Gasteiger partial charge in [0.05, 0.1) is 30.5 Å². The van der Waals surface area contributed by atoms with Gasteiger partial charge in [0, 0.05) is 30.6 Å². The predicted octanol–water partition coefficient (Wildman–Crippen LogP) is 3.15. The van der Waals surface area contributed by atoms with Crippen molar-refractivity contribution in [2.75, 3.05) is 20.2 Å². The van der Waals surface area contributed by atoms with Gasteiger partial charge in [-0.25, -0.2) is 4.98 Å². The Morgan fingerprint density at radius 2 is 1.89 bits per heavy atom. The molecule has 1 aliphatic heterocycles. The molecule has 0 radical (unpaired) electrons. The minimum atomic E-state index is -0.700. The van der Waals surface area contributed by atoms with Gasteiger partial charge in [-0.05, 0) is 54.8 Å². The van der Waals surface area contributed by atoms with Gasteiger partial charge in [0.15, 0.2) is 0 Å². The predicted molar refractivity (Wildman–Crippen MR) is 110 cm³/mol. The maximum Gasteiger partial charge on any atom is 0.118 e. The molecule has 0 aliphatic carbocycles. The summed E-state index contributed by atoms with van der Waals surface area (Å²) in [6.07, 6.45) is -0.748. The molecule has 5 heteroatoms. The number of benzene rings is 2. The average Bonchev–Trinajstić information content (AvgIpc) is 2.71. The fraction of sp³-hybridized carbons (Fsp3) is 0.348. The van der Waals surface area contributed by atoms with Crippen LogP contribution in [-0.2, 0) is 6.54 Å². The van der Waals surface area contributed by atoms with Gasteiger partial charge in [0.25, 0.3) is 0 Å². The molecular formula is C23H26N2O3. The zero-order valence-electron chi connectivity index (χ0n) is 16.3. The zero-order valence-corrected chi connectivity index (χ0v) is 16.3. The quantitative estimate of drug-likeness (QED) is 0.730. The van der Waals surface area contributed by atoms with Gasteiger partial charge in [0.1, 0.15) is 5.75 Å². The molecule has 1 saturated heterocycles. The Hall–Kier alpha value is -2.47. The highest BCUT2D eigenvalue weighted by atomic mass is 16.5. The van der Waals surface area contributed by atoms with Gasteiger partial charge in [-0.15, -0.1) is 0 Å². The van der Waals surface area contributed by atoms with E-state index in [1.165, 1.54) is 0 Å². The summed E-state index contributed by atoms with van der Waals surface area (Å²) < 4.78 is 5.29. The van der Waals surface area contributed by atoms with Crippen molar-refractivity contribution < 1.29 is 14.9 Å². The Balaban J connectivity index is 1.76. The molecule has 146 valence electrons. The summed E-state index contributed by atoms with van der Waals surface area (Å²) in [5.41, 5.74) is 5.26. The molecule has 1 aromatic heterocycles. The van der Waals surface area contributed by atoms with Crippen LogP contribution in [0.4, 0.5) is 0 Å². The number of nitrogens with zero attached hydrogens (tertiary/aromatic N) is 2. The fourth-order valence-corrected chi connectivity index (χ4v) is 3.88. The molecule has 5 nitrogen and oxygen atoms in total. The number of ether oxygens (including phenoxy) is 1. The summed E-state index contributed by atoms with van der Waals surface area (Å²) in [7, 11) is 1.66. The Kier molecular flexibility index (Phi) is 5.31. The van der Waals surface area contributed by atoms with Crippen molar-refractivity contribution in [3.63, 3.8) is 0 Å². The van der Waals surface area contributed by atoms with Gasteiger partial charge >= 0.3 is 0 Å². The molecular weight excluding hydrogens is 352 g/mol. The number of hydrogen-bond acceptors (Lipinski definition) is 5. The minimum Gasteiger partial charge on any atom is -0.497 e. The van der Waals surface area contributed by atoms with E-state index in [-0.39, 0.29) is 0 Å². The topological polar surface area (TPSA) is 65.8 Å². The maximum atomic E-state index is 10.1. The third-order valence-corrected chi connectivity index (χ3v) is 5.51. The van der Waals surface area contributed by atoms with Crippen LogP contribution in [0.3, 0.4) is 0 Å². The second-order valence-corrected chi connectivity index (χ2v) is 7.53. The molecule has 2 atom stereocenters. The number of hydrogen-bond donors (Lipinski definition) is 2. The van der Waals surface area contributed by atoms with Crippen molar-refractivity contribution in [1.29, 1.82) is 0 Å². The van der Waals surface area contributed by atoms with Crippen molar-refractivity contribution in [3.8, 4) is 17.0 Å². The van der Waals surface area contributed by atoms with E-state index in [0.29, 0.717) is 19.5 Å². The third kappa shape index (κ3) is 3.74. The number of pyridine rings is 1. The van der Waals surface area contributed by atoms with Crippen molar-refractivity contribution in [2.45, 2.75) is 32.1 Å². The molecule has 0 unspecified atom stereocenters. The van der Waals surface area contributed by atoms with E-state index in [9.17, 15) is 10.2 Å². The molecule has 1 fully saturated rings. The third-order valence-electron chi connectivity index (χ3n) is 5.51. The number of para-hydroxylation sites is 1.